The lowest BCUT2D eigenvalue weighted by atomic mass is 10.1. The average Bonchev–Trinajstić information content (AvgIpc) is 3.16. The van der Waals surface area contributed by atoms with E-state index in [4.69, 9.17) is 11.6 Å². The molecule has 1 heterocycles. The van der Waals surface area contributed by atoms with Crippen LogP contribution in [0.15, 0.2) is 36.4 Å². The van der Waals surface area contributed by atoms with Crippen molar-refractivity contribution in [3.05, 3.63) is 64.1 Å². The van der Waals surface area contributed by atoms with Crippen LogP contribution in [0.5, 0.6) is 0 Å². The van der Waals surface area contributed by atoms with Crippen LogP contribution >= 0.6 is 11.6 Å². The molecule has 0 saturated carbocycles. The third kappa shape index (κ3) is 5.92. The Bertz CT molecular complexity index is 1320. The van der Waals surface area contributed by atoms with Gasteiger partial charge in [0.15, 0.2) is 11.6 Å². The molecule has 1 N–H and O–H groups in total. The molecule has 1 aromatic heterocycles. The summed E-state index contributed by atoms with van der Waals surface area (Å²) in [5.74, 6) is -1.91. The highest BCUT2D eigenvalue weighted by atomic mass is 35.5. The highest BCUT2D eigenvalue weighted by molar-refractivity contribution is 6.30. The van der Waals surface area contributed by atoms with Crippen molar-refractivity contribution < 1.29 is 23.6 Å². The van der Waals surface area contributed by atoms with Crippen molar-refractivity contribution in [1.29, 1.82) is 0 Å². The number of ketones is 2. The fourth-order valence-electron chi connectivity index (χ4n) is 3.65. The van der Waals surface area contributed by atoms with E-state index >= 15 is 0 Å². The van der Waals surface area contributed by atoms with Gasteiger partial charge in [0.05, 0.1) is 17.1 Å². The normalized spacial score (nSPS) is 11.1. The van der Waals surface area contributed by atoms with Crippen LogP contribution in [-0.4, -0.2) is 50.6 Å². The van der Waals surface area contributed by atoms with E-state index < -0.39 is 11.7 Å². The number of carbonyl (C=O) groups is 4. The number of benzene rings is 2. The van der Waals surface area contributed by atoms with Gasteiger partial charge in [0, 0.05) is 36.0 Å². The summed E-state index contributed by atoms with van der Waals surface area (Å²) in [6.07, 6.45) is 0. The molecule has 0 aliphatic heterocycles. The Morgan fingerprint density at radius 2 is 1.83 bits per heavy atom. The number of halogens is 2. The molecule has 0 spiro atoms. The summed E-state index contributed by atoms with van der Waals surface area (Å²) in [6.45, 7) is 5.79. The third-order valence-electron chi connectivity index (χ3n) is 5.54. The van der Waals surface area contributed by atoms with Crippen molar-refractivity contribution in [2.75, 3.05) is 6.54 Å². The first kappa shape index (κ1) is 26.0. The minimum absolute atomic E-state index is 0.0393. The van der Waals surface area contributed by atoms with E-state index in [0.29, 0.717) is 16.5 Å². The highest BCUT2D eigenvalue weighted by Gasteiger charge is 2.23. The largest absolute Gasteiger partial charge is 0.350 e. The number of nitrogens with zero attached hydrogens (tertiary/aromatic N) is 3. The molecule has 3 aromatic rings. The number of rotatable bonds is 9. The molecule has 10 heteroatoms. The van der Waals surface area contributed by atoms with Gasteiger partial charge >= 0.3 is 0 Å². The molecule has 3 rings (SSSR count). The number of aromatic nitrogens is 2. The van der Waals surface area contributed by atoms with Crippen LogP contribution in [0.2, 0.25) is 5.02 Å². The summed E-state index contributed by atoms with van der Waals surface area (Å²) in [6, 6.07) is 9.04. The van der Waals surface area contributed by atoms with Gasteiger partial charge in [-0.1, -0.05) is 23.7 Å². The van der Waals surface area contributed by atoms with Gasteiger partial charge in [-0.3, -0.25) is 23.9 Å². The van der Waals surface area contributed by atoms with Gasteiger partial charge in [-0.25, -0.2) is 4.39 Å². The second-order valence-corrected chi connectivity index (χ2v) is 8.86. The molecule has 8 nitrogen and oxygen atoms in total. The molecule has 0 saturated heterocycles. The first-order chi connectivity index (χ1) is 16.5. The number of hydrogen-bond acceptors (Lipinski definition) is 5. The van der Waals surface area contributed by atoms with Gasteiger partial charge in [0.25, 0.3) is 0 Å². The van der Waals surface area contributed by atoms with Crippen LogP contribution in [-0.2, 0) is 22.7 Å². The van der Waals surface area contributed by atoms with E-state index in [1.807, 2.05) is 0 Å². The van der Waals surface area contributed by atoms with Crippen LogP contribution in [0.1, 0.15) is 54.1 Å². The first-order valence-corrected chi connectivity index (χ1v) is 11.4. The van der Waals surface area contributed by atoms with E-state index in [-0.39, 0.29) is 59.4 Å². The Balaban J connectivity index is 1.77. The standard InChI is InChI=1S/C25H26ClFN4O4/c1-14(2)30(12-22(34)28-11-18-6-5-7-20(26)24(18)27)23(35)13-31-21-9-8-17(15(3)32)10-19(21)25(29-31)16(4)33/h5-10,14H,11-13H2,1-4H3,(H,28,34). The number of Topliss-reactive ketones (excluding diaryl/α,β-unsaturated/α-hetero) is 2. The maximum absolute atomic E-state index is 14.1. The Hall–Kier alpha value is -3.59. The van der Waals surface area contributed by atoms with Gasteiger partial charge < -0.3 is 10.2 Å². The zero-order valence-electron chi connectivity index (χ0n) is 19.9. The van der Waals surface area contributed by atoms with Crippen LogP contribution in [0, 0.1) is 5.82 Å². The summed E-state index contributed by atoms with van der Waals surface area (Å²) in [4.78, 5) is 50.9. The summed E-state index contributed by atoms with van der Waals surface area (Å²) in [5.41, 5.74) is 1.35. The van der Waals surface area contributed by atoms with Gasteiger partial charge in [-0.05, 0) is 45.0 Å². The van der Waals surface area contributed by atoms with Crippen molar-refractivity contribution in [3.8, 4) is 0 Å². The van der Waals surface area contributed by atoms with Crippen LogP contribution < -0.4 is 5.32 Å². The van der Waals surface area contributed by atoms with Crippen LogP contribution in [0.3, 0.4) is 0 Å². The Labute approximate surface area is 207 Å². The van der Waals surface area contributed by atoms with Gasteiger partial charge in [-0.2, -0.15) is 5.10 Å². The van der Waals surface area contributed by atoms with Crippen LogP contribution in [0.25, 0.3) is 10.9 Å². The predicted molar refractivity (Wildman–Crippen MR) is 130 cm³/mol. The topological polar surface area (TPSA) is 101 Å². The maximum atomic E-state index is 14.1. The summed E-state index contributed by atoms with van der Waals surface area (Å²) >= 11 is 5.77. The van der Waals surface area contributed by atoms with E-state index in [1.54, 1.807) is 38.1 Å². The SMILES string of the molecule is CC(=O)c1ccc2c(c1)c(C(C)=O)nn2CC(=O)N(CC(=O)NCc1cccc(Cl)c1F)C(C)C. The first-order valence-electron chi connectivity index (χ1n) is 11.0. The number of hydrogen-bond donors (Lipinski definition) is 1. The molecule has 0 bridgehead atoms. The smallest absolute Gasteiger partial charge is 0.245 e. The molecule has 184 valence electrons. The lowest BCUT2D eigenvalue weighted by Crippen LogP contribution is -2.45. The van der Waals surface area contributed by atoms with Crippen molar-refractivity contribution >= 4 is 45.9 Å². The van der Waals surface area contributed by atoms with E-state index in [1.165, 1.54) is 35.6 Å². The molecule has 0 radical (unpaired) electrons. The minimum atomic E-state index is -0.606. The monoisotopic (exact) mass is 500 g/mol. The number of amides is 2. The molecular formula is C25H26ClFN4O4. The summed E-state index contributed by atoms with van der Waals surface area (Å²) < 4.78 is 15.5. The van der Waals surface area contributed by atoms with E-state index in [0.717, 1.165) is 0 Å². The molecule has 2 aromatic carbocycles. The van der Waals surface area contributed by atoms with E-state index in [2.05, 4.69) is 10.4 Å². The Kier molecular flexibility index (Phi) is 8.01. The van der Waals surface area contributed by atoms with E-state index in [9.17, 15) is 23.6 Å². The van der Waals surface area contributed by atoms with Gasteiger partial charge in [0.2, 0.25) is 11.8 Å². The van der Waals surface area contributed by atoms with Gasteiger partial charge in [-0.15, -0.1) is 0 Å². The molecule has 0 aliphatic carbocycles. The fourth-order valence-corrected chi connectivity index (χ4v) is 3.84. The number of carbonyl (C=O) groups excluding carboxylic acids is 4. The summed E-state index contributed by atoms with van der Waals surface area (Å²) in [5, 5.41) is 7.35. The van der Waals surface area contributed by atoms with Gasteiger partial charge in [0.1, 0.15) is 18.1 Å². The van der Waals surface area contributed by atoms with Crippen molar-refractivity contribution in [3.63, 3.8) is 0 Å². The Morgan fingerprint density at radius 1 is 1.11 bits per heavy atom. The second-order valence-electron chi connectivity index (χ2n) is 8.46. The molecule has 2 amide bonds. The molecule has 35 heavy (non-hydrogen) atoms. The molecule has 0 unspecified atom stereocenters. The van der Waals surface area contributed by atoms with Crippen molar-refractivity contribution in [2.24, 2.45) is 0 Å². The van der Waals surface area contributed by atoms with Crippen molar-refractivity contribution in [2.45, 2.75) is 46.8 Å². The summed E-state index contributed by atoms with van der Waals surface area (Å²) in [7, 11) is 0. The molecule has 0 aliphatic rings. The molecular weight excluding hydrogens is 475 g/mol. The fraction of sp³-hybridized carbons (Fsp3) is 0.320. The second kappa shape index (κ2) is 10.8. The van der Waals surface area contributed by atoms with Crippen LogP contribution in [0.4, 0.5) is 4.39 Å². The molecule has 0 fully saturated rings. The highest BCUT2D eigenvalue weighted by Crippen LogP contribution is 2.22. The third-order valence-corrected chi connectivity index (χ3v) is 5.83. The average molecular weight is 501 g/mol. The predicted octanol–water partition coefficient (Wildman–Crippen LogP) is 3.79. The molecule has 0 atom stereocenters. The zero-order valence-corrected chi connectivity index (χ0v) is 20.6. The quantitative estimate of drug-likeness (QED) is 0.450. The number of fused-ring (bicyclic) bond motifs is 1. The minimum Gasteiger partial charge on any atom is -0.350 e. The number of nitrogens with one attached hydrogen (secondary N) is 1. The lowest BCUT2D eigenvalue weighted by molar-refractivity contribution is -0.138. The lowest BCUT2D eigenvalue weighted by Gasteiger charge is -2.26. The maximum Gasteiger partial charge on any atom is 0.245 e. The zero-order chi connectivity index (χ0) is 25.9. The van der Waals surface area contributed by atoms with Crippen molar-refractivity contribution in [1.82, 2.24) is 20.0 Å². The Morgan fingerprint density at radius 3 is 2.46 bits per heavy atom.